The first kappa shape index (κ1) is 31.8. The van der Waals surface area contributed by atoms with Crippen molar-refractivity contribution in [2.45, 2.75) is 70.2 Å². The van der Waals surface area contributed by atoms with Crippen molar-refractivity contribution in [2.75, 3.05) is 13.1 Å². The lowest BCUT2D eigenvalue weighted by Crippen LogP contribution is -2.34. The molecule has 1 saturated heterocycles. The van der Waals surface area contributed by atoms with Crippen LogP contribution in [0, 0.1) is 0 Å². The van der Waals surface area contributed by atoms with Crippen LogP contribution in [0.3, 0.4) is 0 Å². The zero-order valence-corrected chi connectivity index (χ0v) is 21.1. The van der Waals surface area contributed by atoms with Gasteiger partial charge < -0.3 is 20.7 Å². The molecule has 0 radical (unpaired) electrons. The zero-order valence-electron chi connectivity index (χ0n) is 21.1. The first-order valence-electron chi connectivity index (χ1n) is 11.7. The van der Waals surface area contributed by atoms with Gasteiger partial charge in [-0.3, -0.25) is 4.90 Å². The molecule has 16 heteroatoms. The van der Waals surface area contributed by atoms with Crippen LogP contribution in [-0.2, 0) is 29.1 Å². The quantitative estimate of drug-likeness (QED) is 0.471. The van der Waals surface area contributed by atoms with E-state index in [-0.39, 0.29) is 5.60 Å². The minimum Gasteiger partial charge on any atom is -0.487 e. The summed E-state index contributed by atoms with van der Waals surface area (Å²) < 4.78 is 71.7. The lowest BCUT2D eigenvalue weighted by molar-refractivity contribution is -0.193. The Hall–Kier alpha value is -3.40. The fourth-order valence-corrected chi connectivity index (χ4v) is 3.97. The molecule has 1 fully saturated rings. The third kappa shape index (κ3) is 9.69. The minimum absolute atomic E-state index is 0.0841. The van der Waals surface area contributed by atoms with E-state index in [0.717, 1.165) is 50.3 Å². The fraction of sp³-hybridized carbons (Fsp3) is 0.565. The van der Waals surface area contributed by atoms with Crippen molar-refractivity contribution in [1.82, 2.24) is 19.9 Å². The molecular formula is C23H29F6N5O5. The number of carboxylic acids is 2. The molecule has 0 atom stereocenters. The van der Waals surface area contributed by atoms with Crippen LogP contribution in [0.15, 0.2) is 24.4 Å². The number of rotatable bonds is 4. The monoisotopic (exact) mass is 569 g/mol. The highest BCUT2D eigenvalue weighted by atomic mass is 19.4. The largest absolute Gasteiger partial charge is 0.490 e. The molecule has 0 aliphatic carbocycles. The summed E-state index contributed by atoms with van der Waals surface area (Å²) in [5.74, 6) is -4.40. The van der Waals surface area contributed by atoms with Crippen LogP contribution in [0.1, 0.15) is 49.6 Å². The van der Waals surface area contributed by atoms with Crippen LogP contribution in [-0.4, -0.2) is 73.1 Å². The van der Waals surface area contributed by atoms with Gasteiger partial charge in [0.25, 0.3) is 0 Å². The number of hydrogen-bond acceptors (Lipinski definition) is 7. The van der Waals surface area contributed by atoms with E-state index in [0.29, 0.717) is 12.6 Å². The van der Waals surface area contributed by atoms with Gasteiger partial charge in [0.05, 0.1) is 17.9 Å². The Morgan fingerprint density at radius 2 is 1.62 bits per heavy atom. The first-order chi connectivity index (χ1) is 17.9. The lowest BCUT2D eigenvalue weighted by Gasteiger charge is -2.32. The van der Waals surface area contributed by atoms with Gasteiger partial charge in [-0.15, -0.1) is 5.10 Å². The summed E-state index contributed by atoms with van der Waals surface area (Å²) in [6.07, 6.45) is -5.00. The van der Waals surface area contributed by atoms with E-state index in [1.807, 2.05) is 10.9 Å². The Morgan fingerprint density at radius 3 is 2.08 bits per heavy atom. The van der Waals surface area contributed by atoms with Gasteiger partial charge in [0.1, 0.15) is 11.4 Å². The van der Waals surface area contributed by atoms with Gasteiger partial charge in [0.15, 0.2) is 0 Å². The molecule has 0 saturated carbocycles. The van der Waals surface area contributed by atoms with E-state index < -0.39 is 24.3 Å². The number of hydrogen-bond donors (Lipinski definition) is 3. The molecule has 4 rings (SSSR count). The molecule has 0 amide bonds. The number of piperidine rings is 1. The van der Waals surface area contributed by atoms with Gasteiger partial charge in [-0.1, -0.05) is 23.4 Å². The smallest absolute Gasteiger partial charge is 0.487 e. The average molecular weight is 570 g/mol. The fourth-order valence-electron chi connectivity index (χ4n) is 3.97. The van der Waals surface area contributed by atoms with Gasteiger partial charge in [-0.25, -0.2) is 14.3 Å². The molecule has 0 bridgehead atoms. The number of benzene rings is 1. The van der Waals surface area contributed by atoms with Crippen LogP contribution >= 0.6 is 0 Å². The first-order valence-corrected chi connectivity index (χ1v) is 11.7. The number of likely N-dealkylation sites (tertiary alicyclic amines) is 1. The van der Waals surface area contributed by atoms with Crippen LogP contribution in [0.4, 0.5) is 26.3 Å². The maximum atomic E-state index is 10.6. The van der Waals surface area contributed by atoms with Crippen molar-refractivity contribution in [2.24, 2.45) is 5.73 Å². The highest BCUT2D eigenvalue weighted by Crippen LogP contribution is 2.38. The van der Waals surface area contributed by atoms with Crippen molar-refractivity contribution < 1.29 is 50.9 Å². The molecule has 218 valence electrons. The van der Waals surface area contributed by atoms with Crippen molar-refractivity contribution in [1.29, 1.82) is 0 Å². The molecule has 39 heavy (non-hydrogen) atoms. The van der Waals surface area contributed by atoms with Crippen LogP contribution in [0.25, 0.3) is 0 Å². The van der Waals surface area contributed by atoms with Crippen LogP contribution < -0.4 is 10.5 Å². The Kier molecular flexibility index (Phi) is 10.3. The predicted molar refractivity (Wildman–Crippen MR) is 124 cm³/mol. The summed E-state index contributed by atoms with van der Waals surface area (Å²) in [4.78, 5) is 20.3. The standard InChI is InChI=1S/C19H27N5O.2C2HF3O2/c1-19(2)10-14-4-3-5-15(18(14)25-19)12-23-8-6-17(7-9-23)24-13-16(11-20)21-22-24;2*3-2(4,5)1(6)7/h3-5,13,17H,6-12,20H2,1-2H3;2*(H,6,7). The number of fused-ring (bicyclic) bond motifs is 1. The second kappa shape index (κ2) is 12.6. The van der Waals surface area contributed by atoms with Gasteiger partial charge in [0, 0.05) is 38.2 Å². The summed E-state index contributed by atoms with van der Waals surface area (Å²) in [6, 6.07) is 6.99. The Balaban J connectivity index is 0.000000317. The summed E-state index contributed by atoms with van der Waals surface area (Å²) in [7, 11) is 0. The number of aromatic nitrogens is 3. The molecule has 1 aromatic carbocycles. The molecule has 1 aromatic heterocycles. The highest BCUT2D eigenvalue weighted by Gasteiger charge is 2.39. The van der Waals surface area contributed by atoms with E-state index in [1.165, 1.54) is 11.1 Å². The molecule has 10 nitrogen and oxygen atoms in total. The Labute approximate surface area is 219 Å². The predicted octanol–water partition coefficient (Wildman–Crippen LogP) is 3.55. The number of carbonyl (C=O) groups is 2. The number of aliphatic carboxylic acids is 2. The van der Waals surface area contributed by atoms with Crippen molar-refractivity contribution >= 4 is 11.9 Å². The topological polar surface area (TPSA) is 144 Å². The third-order valence-corrected chi connectivity index (χ3v) is 5.75. The second-order valence-corrected chi connectivity index (χ2v) is 9.45. The number of nitrogens with two attached hydrogens (primary N) is 1. The second-order valence-electron chi connectivity index (χ2n) is 9.45. The van der Waals surface area contributed by atoms with Crippen LogP contribution in [0.2, 0.25) is 0 Å². The molecular weight excluding hydrogens is 540 g/mol. The van der Waals surface area contributed by atoms with E-state index >= 15 is 0 Å². The molecule has 4 N–H and O–H groups in total. The highest BCUT2D eigenvalue weighted by molar-refractivity contribution is 5.73. The van der Waals surface area contributed by atoms with Gasteiger partial charge in [-0.2, -0.15) is 26.3 Å². The molecule has 3 heterocycles. The van der Waals surface area contributed by atoms with Gasteiger partial charge >= 0.3 is 24.3 Å². The molecule has 0 spiro atoms. The minimum atomic E-state index is -5.08. The molecule has 0 unspecified atom stereocenters. The molecule has 2 aliphatic heterocycles. The maximum absolute atomic E-state index is 10.6. The Morgan fingerprint density at radius 1 is 1.08 bits per heavy atom. The zero-order chi connectivity index (χ0) is 29.6. The Bertz CT molecular complexity index is 1100. The molecule has 2 aliphatic rings. The number of carboxylic acid groups (broad SMARTS) is 2. The van der Waals surface area contributed by atoms with E-state index in [2.05, 4.69) is 47.3 Å². The number of halogens is 6. The summed E-state index contributed by atoms with van der Waals surface area (Å²) in [5, 5.41) is 22.6. The van der Waals surface area contributed by atoms with E-state index in [4.69, 9.17) is 30.3 Å². The SMILES string of the molecule is CC1(C)Cc2cccc(CN3CCC(n4cc(CN)nn4)CC3)c2O1.O=C(O)C(F)(F)F.O=C(O)C(F)(F)F. The summed E-state index contributed by atoms with van der Waals surface area (Å²) in [5.41, 5.74) is 9.06. The number of nitrogens with zero attached hydrogens (tertiary/aromatic N) is 4. The number of ether oxygens (including phenoxy) is 1. The number of para-hydroxylation sites is 1. The average Bonchev–Trinajstić information content (AvgIpc) is 3.43. The van der Waals surface area contributed by atoms with Crippen molar-refractivity contribution in [3.63, 3.8) is 0 Å². The summed E-state index contributed by atoms with van der Waals surface area (Å²) >= 11 is 0. The van der Waals surface area contributed by atoms with E-state index in [1.54, 1.807) is 0 Å². The maximum Gasteiger partial charge on any atom is 0.490 e. The number of alkyl halides is 6. The van der Waals surface area contributed by atoms with Crippen molar-refractivity contribution in [3.05, 3.63) is 41.2 Å². The lowest BCUT2D eigenvalue weighted by atomic mass is 10.00. The van der Waals surface area contributed by atoms with Crippen LogP contribution in [0.5, 0.6) is 5.75 Å². The normalized spacial score (nSPS) is 17.2. The molecule has 2 aromatic rings. The summed E-state index contributed by atoms with van der Waals surface area (Å²) in [6.45, 7) is 7.86. The third-order valence-electron chi connectivity index (χ3n) is 5.75. The van der Waals surface area contributed by atoms with Gasteiger partial charge in [-0.05, 0) is 32.3 Å². The van der Waals surface area contributed by atoms with Gasteiger partial charge in [0.2, 0.25) is 0 Å². The van der Waals surface area contributed by atoms with E-state index in [9.17, 15) is 26.3 Å². The van der Waals surface area contributed by atoms with Crippen molar-refractivity contribution in [3.8, 4) is 5.75 Å².